The Hall–Kier alpha value is -0.0900. The Morgan fingerprint density at radius 3 is 2.95 bits per heavy atom. The summed E-state index contributed by atoms with van der Waals surface area (Å²) in [6.07, 6.45) is 2.84. The first-order valence-electron chi connectivity index (χ1n) is 6.95. The molecule has 0 saturated carbocycles. The molecule has 0 aliphatic carbocycles. The molecule has 1 N–H and O–H groups in total. The third kappa shape index (κ3) is 4.19. The molecule has 2 unspecified atom stereocenters. The summed E-state index contributed by atoms with van der Waals surface area (Å²) >= 11 is 9.54. The molecule has 1 fully saturated rings. The van der Waals surface area contributed by atoms with Gasteiger partial charge in [-0.15, -0.1) is 0 Å². The van der Waals surface area contributed by atoms with Crippen LogP contribution in [0.3, 0.4) is 0 Å². The van der Waals surface area contributed by atoms with Gasteiger partial charge < -0.3 is 10.0 Å². The maximum absolute atomic E-state index is 10.2. The topological polar surface area (TPSA) is 23.5 Å². The normalized spacial score (nSPS) is 21.8. The predicted octanol–water partition coefficient (Wildman–Crippen LogP) is 4.26. The van der Waals surface area contributed by atoms with Crippen LogP contribution in [0.2, 0.25) is 5.02 Å². The summed E-state index contributed by atoms with van der Waals surface area (Å²) in [7, 11) is 0. The molecular formula is C15H21BrClNO. The lowest BCUT2D eigenvalue weighted by molar-refractivity contribution is 0.148. The second-order valence-corrected chi connectivity index (χ2v) is 6.66. The molecule has 0 bridgehead atoms. The lowest BCUT2D eigenvalue weighted by Gasteiger charge is -2.19. The van der Waals surface area contributed by atoms with Gasteiger partial charge in [0.25, 0.3) is 0 Å². The van der Waals surface area contributed by atoms with Gasteiger partial charge in [0.15, 0.2) is 0 Å². The lowest BCUT2D eigenvalue weighted by Crippen LogP contribution is -2.23. The van der Waals surface area contributed by atoms with Gasteiger partial charge >= 0.3 is 0 Å². The molecule has 4 heteroatoms. The van der Waals surface area contributed by atoms with E-state index in [0.29, 0.717) is 5.02 Å². The summed E-state index contributed by atoms with van der Waals surface area (Å²) in [5, 5.41) is 10.9. The van der Waals surface area contributed by atoms with Gasteiger partial charge in [0.1, 0.15) is 0 Å². The van der Waals surface area contributed by atoms with Crippen molar-refractivity contribution < 1.29 is 5.11 Å². The van der Waals surface area contributed by atoms with Crippen LogP contribution in [0.25, 0.3) is 0 Å². The van der Waals surface area contributed by atoms with E-state index in [9.17, 15) is 5.11 Å². The van der Waals surface area contributed by atoms with Crippen molar-refractivity contribution in [1.29, 1.82) is 0 Å². The molecule has 106 valence electrons. The van der Waals surface area contributed by atoms with Gasteiger partial charge in [-0.1, -0.05) is 46.9 Å². The maximum atomic E-state index is 10.2. The number of rotatable bonds is 5. The monoisotopic (exact) mass is 345 g/mol. The second-order valence-electron chi connectivity index (χ2n) is 5.33. The first kappa shape index (κ1) is 15.3. The van der Waals surface area contributed by atoms with E-state index in [4.69, 9.17) is 11.6 Å². The number of nitrogens with zero attached hydrogens (tertiary/aromatic N) is 1. The zero-order chi connectivity index (χ0) is 13.8. The third-order valence-corrected chi connectivity index (χ3v) is 4.81. The number of aliphatic hydroxyl groups is 1. The van der Waals surface area contributed by atoms with Gasteiger partial charge in [0.2, 0.25) is 0 Å². The van der Waals surface area contributed by atoms with Crippen LogP contribution in [0.5, 0.6) is 0 Å². The van der Waals surface area contributed by atoms with Crippen LogP contribution in [0.15, 0.2) is 22.7 Å². The minimum absolute atomic E-state index is 0.471. The van der Waals surface area contributed by atoms with Crippen molar-refractivity contribution in [3.8, 4) is 0 Å². The van der Waals surface area contributed by atoms with Crippen LogP contribution in [0.4, 0.5) is 0 Å². The first-order chi connectivity index (χ1) is 9.10. The zero-order valence-electron chi connectivity index (χ0n) is 11.3. The fourth-order valence-electron chi connectivity index (χ4n) is 2.68. The van der Waals surface area contributed by atoms with Crippen LogP contribution >= 0.6 is 27.5 Å². The lowest BCUT2D eigenvalue weighted by atomic mass is 10.1. The molecule has 0 amide bonds. The fourth-order valence-corrected chi connectivity index (χ4v) is 3.48. The summed E-state index contributed by atoms with van der Waals surface area (Å²) in [5.41, 5.74) is 0.830. The molecule has 0 radical (unpaired) electrons. The summed E-state index contributed by atoms with van der Waals surface area (Å²) in [4.78, 5) is 2.45. The molecule has 2 atom stereocenters. The molecule has 0 aromatic heterocycles. The smallest absolute Gasteiger partial charge is 0.0816 e. The van der Waals surface area contributed by atoms with Gasteiger partial charge in [-0.05, 0) is 43.0 Å². The third-order valence-electron chi connectivity index (χ3n) is 3.99. The number of aliphatic hydroxyl groups excluding tert-OH is 1. The molecule has 1 aliphatic heterocycles. The highest BCUT2D eigenvalue weighted by Gasteiger charge is 2.21. The van der Waals surface area contributed by atoms with E-state index in [1.54, 1.807) is 0 Å². The van der Waals surface area contributed by atoms with Crippen LogP contribution in [0.1, 0.15) is 37.9 Å². The predicted molar refractivity (Wildman–Crippen MR) is 83.6 cm³/mol. The van der Waals surface area contributed by atoms with Gasteiger partial charge in [0, 0.05) is 22.6 Å². The van der Waals surface area contributed by atoms with Gasteiger partial charge in [-0.2, -0.15) is 0 Å². The van der Waals surface area contributed by atoms with Crippen molar-refractivity contribution in [2.24, 2.45) is 5.92 Å². The van der Waals surface area contributed by atoms with E-state index >= 15 is 0 Å². The van der Waals surface area contributed by atoms with Gasteiger partial charge in [-0.25, -0.2) is 0 Å². The highest BCUT2D eigenvalue weighted by atomic mass is 79.9. The summed E-state index contributed by atoms with van der Waals surface area (Å²) in [6.45, 7) is 5.55. The van der Waals surface area contributed by atoms with Crippen LogP contribution < -0.4 is 0 Å². The van der Waals surface area contributed by atoms with E-state index in [-0.39, 0.29) is 0 Å². The quantitative estimate of drug-likeness (QED) is 0.861. The standard InChI is InChI=1S/C15H21BrClNO/c1-2-11-5-7-18(10-11)8-6-15(19)13-4-3-12(16)9-14(13)17/h3-4,9,11,15,19H,2,5-8,10H2,1H3. The molecular weight excluding hydrogens is 326 g/mol. The summed E-state index contributed by atoms with van der Waals surface area (Å²) in [6, 6.07) is 5.66. The van der Waals surface area contributed by atoms with Crippen LogP contribution in [0, 0.1) is 5.92 Å². The molecule has 2 rings (SSSR count). The Bertz CT molecular complexity index is 427. The number of halogens is 2. The molecule has 1 heterocycles. The molecule has 1 aliphatic rings. The highest BCUT2D eigenvalue weighted by molar-refractivity contribution is 9.10. The second kappa shape index (κ2) is 7.07. The Balaban J connectivity index is 1.86. The molecule has 2 nitrogen and oxygen atoms in total. The van der Waals surface area contributed by atoms with Crippen molar-refractivity contribution in [2.75, 3.05) is 19.6 Å². The Morgan fingerprint density at radius 2 is 2.32 bits per heavy atom. The van der Waals surface area contributed by atoms with E-state index in [2.05, 4.69) is 27.8 Å². The highest BCUT2D eigenvalue weighted by Crippen LogP contribution is 2.29. The molecule has 0 spiro atoms. The Labute approximate surface area is 128 Å². The summed E-state index contributed by atoms with van der Waals surface area (Å²) in [5.74, 6) is 0.841. The SMILES string of the molecule is CCC1CCN(CCC(O)c2ccc(Br)cc2Cl)C1. The molecule has 1 saturated heterocycles. The number of benzene rings is 1. The average molecular weight is 347 g/mol. The first-order valence-corrected chi connectivity index (χ1v) is 8.12. The fraction of sp³-hybridized carbons (Fsp3) is 0.600. The van der Waals surface area contributed by atoms with E-state index < -0.39 is 6.10 Å². The van der Waals surface area contributed by atoms with Crippen molar-refractivity contribution in [1.82, 2.24) is 4.90 Å². The molecule has 1 aromatic rings. The van der Waals surface area contributed by atoms with Crippen molar-refractivity contribution in [2.45, 2.75) is 32.3 Å². The van der Waals surface area contributed by atoms with Crippen molar-refractivity contribution in [3.63, 3.8) is 0 Å². The van der Waals surface area contributed by atoms with Crippen molar-refractivity contribution >= 4 is 27.5 Å². The van der Waals surface area contributed by atoms with Crippen molar-refractivity contribution in [3.05, 3.63) is 33.3 Å². The van der Waals surface area contributed by atoms with E-state index in [1.807, 2.05) is 18.2 Å². The summed E-state index contributed by atoms with van der Waals surface area (Å²) < 4.78 is 0.943. The minimum atomic E-state index is -0.471. The maximum Gasteiger partial charge on any atom is 0.0816 e. The largest absolute Gasteiger partial charge is 0.388 e. The number of hydrogen-bond acceptors (Lipinski definition) is 2. The van der Waals surface area contributed by atoms with E-state index in [0.717, 1.165) is 28.9 Å². The molecule has 19 heavy (non-hydrogen) atoms. The van der Waals surface area contributed by atoms with Gasteiger partial charge in [0.05, 0.1) is 6.10 Å². The van der Waals surface area contributed by atoms with Gasteiger partial charge in [-0.3, -0.25) is 0 Å². The molecule has 1 aromatic carbocycles. The average Bonchev–Trinajstić information content (AvgIpc) is 2.84. The van der Waals surface area contributed by atoms with Crippen LogP contribution in [-0.2, 0) is 0 Å². The number of hydrogen-bond donors (Lipinski definition) is 1. The van der Waals surface area contributed by atoms with E-state index in [1.165, 1.54) is 25.9 Å². The minimum Gasteiger partial charge on any atom is -0.388 e. The van der Waals surface area contributed by atoms with Crippen LogP contribution in [-0.4, -0.2) is 29.6 Å². The Morgan fingerprint density at radius 1 is 1.53 bits per heavy atom. The zero-order valence-corrected chi connectivity index (χ0v) is 13.6. The number of likely N-dealkylation sites (tertiary alicyclic amines) is 1. The Kier molecular flexibility index (Phi) is 5.70.